The lowest BCUT2D eigenvalue weighted by Crippen LogP contribution is -2.40. The summed E-state index contributed by atoms with van der Waals surface area (Å²) >= 11 is 0. The minimum atomic E-state index is -0.376. The van der Waals surface area contributed by atoms with E-state index in [1.54, 1.807) is 30.1 Å². The molecule has 2 heterocycles. The minimum absolute atomic E-state index is 0.0781. The third kappa shape index (κ3) is 3.59. The van der Waals surface area contributed by atoms with E-state index in [1.165, 1.54) is 10.9 Å². The first-order valence-electron chi connectivity index (χ1n) is 9.34. The Morgan fingerprint density at radius 2 is 1.93 bits per heavy atom. The van der Waals surface area contributed by atoms with Crippen molar-refractivity contribution < 1.29 is 14.3 Å². The van der Waals surface area contributed by atoms with Crippen molar-refractivity contribution >= 4 is 28.0 Å². The van der Waals surface area contributed by atoms with Gasteiger partial charge in [-0.2, -0.15) is 0 Å². The van der Waals surface area contributed by atoms with Gasteiger partial charge in [0.05, 0.1) is 6.33 Å². The van der Waals surface area contributed by atoms with E-state index in [1.807, 2.05) is 37.3 Å². The highest BCUT2D eigenvalue weighted by Gasteiger charge is 2.19. The highest BCUT2D eigenvalue weighted by molar-refractivity contribution is 6.01. The monoisotopic (exact) mass is 391 g/mol. The van der Waals surface area contributed by atoms with Gasteiger partial charge in [-0.25, -0.2) is 4.98 Å². The first-order valence-corrected chi connectivity index (χ1v) is 9.34. The van der Waals surface area contributed by atoms with Gasteiger partial charge in [0.15, 0.2) is 0 Å². The Kier molecular flexibility index (Phi) is 4.80. The van der Waals surface area contributed by atoms with Crippen LogP contribution in [0, 0.1) is 0 Å². The molecule has 0 fully saturated rings. The van der Waals surface area contributed by atoms with Gasteiger partial charge in [0.2, 0.25) is 11.5 Å². The average molecular weight is 391 g/mol. The van der Waals surface area contributed by atoms with Crippen LogP contribution in [0.15, 0.2) is 64.1 Å². The summed E-state index contributed by atoms with van der Waals surface area (Å²) in [7, 11) is 1.71. The molecule has 0 aliphatic heterocycles. The largest absolute Gasteiger partial charge is 0.508 e. The molecule has 7 nitrogen and oxygen atoms in total. The summed E-state index contributed by atoms with van der Waals surface area (Å²) in [5.74, 6) is 0.00864. The lowest BCUT2D eigenvalue weighted by molar-refractivity contribution is -0.132. The molecule has 0 aliphatic carbocycles. The molecule has 4 rings (SSSR count). The number of phenols is 1. The molecular formula is C22H21N3O4. The Balaban J connectivity index is 1.53. The van der Waals surface area contributed by atoms with Gasteiger partial charge in [0.1, 0.15) is 23.4 Å². The van der Waals surface area contributed by atoms with Crippen molar-refractivity contribution in [3.63, 3.8) is 0 Å². The molecule has 0 aliphatic rings. The number of hydrogen-bond acceptors (Lipinski definition) is 5. The third-order valence-corrected chi connectivity index (χ3v) is 5.18. The molecule has 29 heavy (non-hydrogen) atoms. The molecule has 1 amide bonds. The molecule has 1 N–H and O–H groups in total. The highest BCUT2D eigenvalue weighted by atomic mass is 16.3. The summed E-state index contributed by atoms with van der Waals surface area (Å²) in [6.07, 6.45) is 2.03. The molecule has 0 bridgehead atoms. The van der Waals surface area contributed by atoms with E-state index in [4.69, 9.17) is 4.42 Å². The van der Waals surface area contributed by atoms with Gasteiger partial charge < -0.3 is 14.4 Å². The Hall–Kier alpha value is -3.61. The lowest BCUT2D eigenvalue weighted by Gasteiger charge is -2.25. The molecule has 1 unspecified atom stereocenters. The number of furan rings is 1. The van der Waals surface area contributed by atoms with Crippen LogP contribution in [-0.4, -0.2) is 38.6 Å². The molecule has 7 heteroatoms. The number of likely N-dealkylation sites (N-methyl/N-ethyl adjacent to an activating group) is 1. The third-order valence-electron chi connectivity index (χ3n) is 5.18. The number of amides is 1. The van der Waals surface area contributed by atoms with Gasteiger partial charge in [0, 0.05) is 18.5 Å². The number of carbonyl (C=O) groups is 1. The number of nitrogens with zero attached hydrogens (tertiary/aromatic N) is 3. The van der Waals surface area contributed by atoms with Crippen molar-refractivity contribution in [3.8, 4) is 5.75 Å². The summed E-state index contributed by atoms with van der Waals surface area (Å²) < 4.78 is 6.94. The molecule has 148 valence electrons. The lowest BCUT2D eigenvalue weighted by atomic mass is 10.1. The quantitative estimate of drug-likeness (QED) is 0.565. The van der Waals surface area contributed by atoms with Crippen LogP contribution < -0.4 is 5.56 Å². The van der Waals surface area contributed by atoms with Crippen molar-refractivity contribution in [2.45, 2.75) is 25.9 Å². The molecule has 2 aromatic heterocycles. The highest BCUT2D eigenvalue weighted by Crippen LogP contribution is 2.24. The van der Waals surface area contributed by atoms with Crippen LogP contribution in [0.1, 0.15) is 12.5 Å². The average Bonchev–Trinajstić information content (AvgIpc) is 3.10. The van der Waals surface area contributed by atoms with Gasteiger partial charge in [0.25, 0.3) is 5.56 Å². The van der Waals surface area contributed by atoms with Crippen LogP contribution in [0.25, 0.3) is 22.1 Å². The fraction of sp³-hybridized carbons (Fsp3) is 0.227. The number of rotatable bonds is 5. The molecule has 0 radical (unpaired) electrons. The molecule has 0 saturated heterocycles. The van der Waals surface area contributed by atoms with Gasteiger partial charge in [-0.1, -0.05) is 24.3 Å². The van der Waals surface area contributed by atoms with Crippen molar-refractivity contribution in [2.24, 2.45) is 0 Å². The van der Waals surface area contributed by atoms with Crippen molar-refractivity contribution in [3.05, 3.63) is 70.8 Å². The topological polar surface area (TPSA) is 88.6 Å². The summed E-state index contributed by atoms with van der Waals surface area (Å²) in [6.45, 7) is 1.82. The molecule has 0 saturated carbocycles. The van der Waals surface area contributed by atoms with Crippen LogP contribution in [0.3, 0.4) is 0 Å². The first kappa shape index (κ1) is 18.7. The van der Waals surface area contributed by atoms with E-state index in [9.17, 15) is 14.7 Å². The Labute approximate surface area is 166 Å². The summed E-state index contributed by atoms with van der Waals surface area (Å²) in [6, 6.07) is 14.1. The summed E-state index contributed by atoms with van der Waals surface area (Å²) in [4.78, 5) is 31.5. The zero-order valence-electron chi connectivity index (χ0n) is 16.2. The Morgan fingerprint density at radius 1 is 1.21 bits per heavy atom. The van der Waals surface area contributed by atoms with Crippen LogP contribution in [0.4, 0.5) is 0 Å². The predicted molar refractivity (Wildman–Crippen MR) is 110 cm³/mol. The van der Waals surface area contributed by atoms with Crippen molar-refractivity contribution in [1.29, 1.82) is 0 Å². The zero-order chi connectivity index (χ0) is 20.5. The van der Waals surface area contributed by atoms with Crippen LogP contribution in [0.2, 0.25) is 0 Å². The second kappa shape index (κ2) is 7.43. The second-order valence-electron chi connectivity index (χ2n) is 7.18. The maximum atomic E-state index is 12.8. The number of benzene rings is 2. The summed E-state index contributed by atoms with van der Waals surface area (Å²) in [5.41, 5.74) is 1.89. The number of aromatic nitrogens is 2. The minimum Gasteiger partial charge on any atom is -0.508 e. The van der Waals surface area contributed by atoms with Crippen LogP contribution in [0.5, 0.6) is 5.75 Å². The fourth-order valence-corrected chi connectivity index (χ4v) is 3.34. The molecule has 2 aromatic carbocycles. The van der Waals surface area contributed by atoms with Crippen molar-refractivity contribution in [2.75, 3.05) is 7.05 Å². The van der Waals surface area contributed by atoms with E-state index in [2.05, 4.69) is 4.98 Å². The molecule has 1 atom stereocenters. The van der Waals surface area contributed by atoms with Gasteiger partial charge in [-0.15, -0.1) is 0 Å². The number of hydrogen-bond donors (Lipinski definition) is 1. The fourth-order valence-electron chi connectivity index (χ4n) is 3.34. The van der Waals surface area contributed by atoms with E-state index < -0.39 is 0 Å². The van der Waals surface area contributed by atoms with E-state index >= 15 is 0 Å². The van der Waals surface area contributed by atoms with Crippen LogP contribution >= 0.6 is 0 Å². The normalized spacial score (nSPS) is 12.3. The standard InChI is InChI=1S/C22H21N3O4/c1-14(11-15-7-9-16(26)10-8-15)24(2)19(27)12-25-13-23-20-17-5-3-4-6-18(17)29-21(20)22(25)28/h3-10,13-14,26H,11-12H2,1-2H3. The predicted octanol–water partition coefficient (Wildman–Crippen LogP) is 2.94. The smallest absolute Gasteiger partial charge is 0.297 e. The Bertz CT molecular complexity index is 1240. The van der Waals surface area contributed by atoms with Gasteiger partial charge in [-0.05, 0) is 43.2 Å². The number of phenolic OH excluding ortho intramolecular Hbond substituents is 1. The maximum absolute atomic E-state index is 12.8. The number of para-hydroxylation sites is 1. The maximum Gasteiger partial charge on any atom is 0.297 e. The van der Waals surface area contributed by atoms with E-state index in [-0.39, 0.29) is 35.4 Å². The molecular weight excluding hydrogens is 370 g/mol. The summed E-state index contributed by atoms with van der Waals surface area (Å²) in [5, 5.41) is 10.2. The SMILES string of the molecule is CC(Cc1ccc(O)cc1)N(C)C(=O)Cn1cnc2c(oc3ccccc32)c1=O. The van der Waals surface area contributed by atoms with Gasteiger partial charge >= 0.3 is 0 Å². The Morgan fingerprint density at radius 3 is 2.69 bits per heavy atom. The van der Waals surface area contributed by atoms with E-state index in [0.717, 1.165) is 10.9 Å². The number of fused-ring (bicyclic) bond motifs is 3. The zero-order valence-corrected chi connectivity index (χ0v) is 16.2. The second-order valence-corrected chi connectivity index (χ2v) is 7.18. The van der Waals surface area contributed by atoms with Crippen LogP contribution in [-0.2, 0) is 17.8 Å². The van der Waals surface area contributed by atoms with E-state index in [0.29, 0.717) is 17.5 Å². The van der Waals surface area contributed by atoms with Crippen molar-refractivity contribution in [1.82, 2.24) is 14.5 Å². The molecule has 0 spiro atoms. The first-order chi connectivity index (χ1) is 13.9. The molecule has 4 aromatic rings. The number of carbonyl (C=O) groups excluding carboxylic acids is 1. The van der Waals surface area contributed by atoms with Gasteiger partial charge in [-0.3, -0.25) is 14.2 Å². The number of aromatic hydroxyl groups is 1.